The number of methoxy groups -OCH3 is 2. The van der Waals surface area contributed by atoms with Gasteiger partial charge in [-0.2, -0.15) is 0 Å². The zero-order valence-corrected chi connectivity index (χ0v) is 14.5. The molecule has 2 aromatic carbocycles. The van der Waals surface area contributed by atoms with Gasteiger partial charge >= 0.3 is 0 Å². The Hall–Kier alpha value is -2.60. The molecule has 3 rings (SSSR count). The molecule has 0 fully saturated rings. The van der Waals surface area contributed by atoms with Gasteiger partial charge in [-0.05, 0) is 31.4 Å². The van der Waals surface area contributed by atoms with E-state index in [1.54, 1.807) is 13.0 Å². The maximum absolute atomic E-state index is 12.4. The Morgan fingerprint density at radius 1 is 1.24 bits per heavy atom. The molecule has 0 heterocycles. The molecule has 1 aliphatic rings. The number of ketones is 1. The summed E-state index contributed by atoms with van der Waals surface area (Å²) in [5.74, 6) is 0.442. The van der Waals surface area contributed by atoms with Crippen LogP contribution < -0.4 is 9.47 Å². The van der Waals surface area contributed by atoms with Gasteiger partial charge in [0.05, 0.1) is 23.6 Å². The number of fused-ring (bicyclic) bond motifs is 2. The molecule has 6 heteroatoms. The third-order valence-electron chi connectivity index (χ3n) is 4.57. The molecule has 1 N–H and O–H groups in total. The maximum atomic E-state index is 12.4. The number of ether oxygens (including phenoxy) is 3. The van der Waals surface area contributed by atoms with Gasteiger partial charge in [0.15, 0.2) is 18.9 Å². The van der Waals surface area contributed by atoms with Crippen molar-refractivity contribution in [2.45, 2.75) is 26.2 Å². The van der Waals surface area contributed by atoms with Crippen LogP contribution in [0.25, 0.3) is 10.8 Å². The Balaban J connectivity index is 2.48. The lowest BCUT2D eigenvalue weighted by Crippen LogP contribution is -2.14. The minimum absolute atomic E-state index is 0.0911. The van der Waals surface area contributed by atoms with Crippen LogP contribution in [0, 0.1) is 6.92 Å². The zero-order chi connectivity index (χ0) is 18.1. The number of hydrogen-bond acceptors (Lipinski definition) is 6. The van der Waals surface area contributed by atoms with Gasteiger partial charge in [-0.1, -0.05) is 0 Å². The van der Waals surface area contributed by atoms with Crippen molar-refractivity contribution in [3.05, 3.63) is 28.3 Å². The Morgan fingerprint density at radius 2 is 2.00 bits per heavy atom. The summed E-state index contributed by atoms with van der Waals surface area (Å²) in [6, 6.07) is 1.77. The molecule has 0 bridgehead atoms. The lowest BCUT2D eigenvalue weighted by atomic mass is 9.85. The van der Waals surface area contributed by atoms with Crippen molar-refractivity contribution in [3.63, 3.8) is 0 Å². The van der Waals surface area contributed by atoms with Crippen LogP contribution in [-0.2, 0) is 11.2 Å². The van der Waals surface area contributed by atoms with Crippen molar-refractivity contribution >= 4 is 22.8 Å². The molecule has 132 valence electrons. The number of phenols is 1. The average Bonchev–Trinajstić information content (AvgIpc) is 2.59. The highest BCUT2D eigenvalue weighted by Gasteiger charge is 2.30. The van der Waals surface area contributed by atoms with Gasteiger partial charge in [0.1, 0.15) is 17.2 Å². The molecule has 1 aliphatic carbocycles. The van der Waals surface area contributed by atoms with E-state index in [9.17, 15) is 14.7 Å². The first-order valence-corrected chi connectivity index (χ1v) is 8.04. The summed E-state index contributed by atoms with van der Waals surface area (Å²) in [5, 5.41) is 11.8. The number of phenolic OH excluding ortho intramolecular Hbond substituents is 1. The highest BCUT2D eigenvalue weighted by molar-refractivity contribution is 6.12. The van der Waals surface area contributed by atoms with Crippen molar-refractivity contribution < 1.29 is 28.9 Å². The molecule has 0 atom stereocenters. The minimum atomic E-state index is -0.162. The topological polar surface area (TPSA) is 82.1 Å². The molecular weight excluding hydrogens is 324 g/mol. The number of aryl methyl sites for hydroxylation is 1. The highest BCUT2D eigenvalue weighted by Crippen LogP contribution is 2.48. The molecular formula is C19H20O6. The number of carbonyl (C=O) groups is 2. The standard InChI is InChI=1S/C19H20O6/c1-10-7-12-16(19(13(10)8-20)25-9-23-2)17(22)15-11(18(12)24-3)5-4-6-14(15)21/h7-8,22H,4-6,9H2,1-3H3. The van der Waals surface area contributed by atoms with E-state index in [0.717, 1.165) is 0 Å². The van der Waals surface area contributed by atoms with Crippen LogP contribution in [0.2, 0.25) is 0 Å². The summed E-state index contributed by atoms with van der Waals surface area (Å²) in [4.78, 5) is 24.0. The predicted molar refractivity (Wildman–Crippen MR) is 92.1 cm³/mol. The number of hydrogen-bond donors (Lipinski definition) is 1. The normalized spacial score (nSPS) is 13.6. The molecule has 0 unspecified atom stereocenters. The number of carbonyl (C=O) groups excluding carboxylic acids is 2. The second kappa shape index (κ2) is 6.72. The van der Waals surface area contributed by atoms with Gasteiger partial charge in [-0.15, -0.1) is 0 Å². The van der Waals surface area contributed by atoms with Crippen LogP contribution in [0.15, 0.2) is 6.07 Å². The smallest absolute Gasteiger partial charge is 0.188 e. The molecule has 0 spiro atoms. The van der Waals surface area contributed by atoms with Crippen LogP contribution in [-0.4, -0.2) is 38.2 Å². The van der Waals surface area contributed by atoms with Gasteiger partial charge < -0.3 is 19.3 Å². The van der Waals surface area contributed by atoms with Crippen molar-refractivity contribution in [1.82, 2.24) is 0 Å². The van der Waals surface area contributed by atoms with Crippen LogP contribution in [0.4, 0.5) is 0 Å². The van der Waals surface area contributed by atoms with E-state index in [1.807, 2.05) is 0 Å². The third kappa shape index (κ3) is 2.62. The van der Waals surface area contributed by atoms with Crippen molar-refractivity contribution in [1.29, 1.82) is 0 Å². The number of Topliss-reactive ketones (excluding diaryl/α,β-unsaturated/α-hetero) is 1. The van der Waals surface area contributed by atoms with Gasteiger partial charge in [-0.3, -0.25) is 9.59 Å². The van der Waals surface area contributed by atoms with Gasteiger partial charge in [0.25, 0.3) is 0 Å². The molecule has 0 saturated carbocycles. The van der Waals surface area contributed by atoms with Gasteiger partial charge in [-0.25, -0.2) is 0 Å². The van der Waals surface area contributed by atoms with Crippen LogP contribution in [0.1, 0.15) is 44.7 Å². The first-order valence-electron chi connectivity index (χ1n) is 8.04. The van der Waals surface area contributed by atoms with E-state index in [-0.39, 0.29) is 29.6 Å². The summed E-state index contributed by atoms with van der Waals surface area (Å²) in [6.45, 7) is 1.69. The second-order valence-electron chi connectivity index (χ2n) is 6.04. The Labute approximate surface area is 145 Å². The fourth-order valence-corrected chi connectivity index (χ4v) is 3.50. The summed E-state index contributed by atoms with van der Waals surface area (Å²) in [6.07, 6.45) is 2.41. The van der Waals surface area contributed by atoms with E-state index < -0.39 is 0 Å². The Morgan fingerprint density at radius 3 is 2.64 bits per heavy atom. The SMILES string of the molecule is COCOc1c(C=O)c(C)cc2c(OC)c3c(c(O)c12)C(=O)CCC3. The highest BCUT2D eigenvalue weighted by atomic mass is 16.7. The molecule has 0 radical (unpaired) electrons. The van der Waals surface area contributed by atoms with E-state index in [0.29, 0.717) is 58.8 Å². The quantitative estimate of drug-likeness (QED) is 0.663. The molecule has 6 nitrogen and oxygen atoms in total. The van der Waals surface area contributed by atoms with Crippen molar-refractivity contribution in [2.24, 2.45) is 0 Å². The number of aromatic hydroxyl groups is 1. The lowest BCUT2D eigenvalue weighted by Gasteiger charge is -2.23. The van der Waals surface area contributed by atoms with Crippen LogP contribution >= 0.6 is 0 Å². The molecule has 2 aromatic rings. The summed E-state index contributed by atoms with van der Waals surface area (Å²) in [7, 11) is 2.99. The summed E-state index contributed by atoms with van der Waals surface area (Å²) in [5.41, 5.74) is 1.97. The molecule has 0 amide bonds. The van der Waals surface area contributed by atoms with E-state index in [1.165, 1.54) is 14.2 Å². The molecule has 25 heavy (non-hydrogen) atoms. The first kappa shape index (κ1) is 17.2. The Kier molecular flexibility index (Phi) is 4.63. The minimum Gasteiger partial charge on any atom is -0.506 e. The second-order valence-corrected chi connectivity index (χ2v) is 6.04. The largest absolute Gasteiger partial charge is 0.506 e. The summed E-state index contributed by atoms with van der Waals surface area (Å²) >= 11 is 0. The number of rotatable bonds is 5. The van der Waals surface area contributed by atoms with Crippen molar-refractivity contribution in [2.75, 3.05) is 21.0 Å². The molecule has 0 aliphatic heterocycles. The third-order valence-corrected chi connectivity index (χ3v) is 4.57. The van der Waals surface area contributed by atoms with E-state index in [4.69, 9.17) is 14.2 Å². The number of aldehydes is 1. The lowest BCUT2D eigenvalue weighted by molar-refractivity contribution is 0.0515. The fraction of sp³-hybridized carbons (Fsp3) is 0.368. The van der Waals surface area contributed by atoms with Crippen LogP contribution in [0.5, 0.6) is 17.2 Å². The van der Waals surface area contributed by atoms with E-state index >= 15 is 0 Å². The van der Waals surface area contributed by atoms with Crippen molar-refractivity contribution in [3.8, 4) is 17.2 Å². The number of benzene rings is 2. The molecule has 0 aromatic heterocycles. The summed E-state index contributed by atoms with van der Waals surface area (Å²) < 4.78 is 16.1. The first-order chi connectivity index (χ1) is 12.0. The monoisotopic (exact) mass is 344 g/mol. The Bertz CT molecular complexity index is 869. The maximum Gasteiger partial charge on any atom is 0.188 e. The van der Waals surface area contributed by atoms with Gasteiger partial charge in [0.2, 0.25) is 0 Å². The average molecular weight is 344 g/mol. The predicted octanol–water partition coefficient (Wildman–Crippen LogP) is 3.18. The fourth-order valence-electron chi connectivity index (χ4n) is 3.50. The van der Waals surface area contributed by atoms with Gasteiger partial charge in [0, 0.05) is 24.5 Å². The zero-order valence-electron chi connectivity index (χ0n) is 14.5. The molecule has 0 saturated heterocycles. The van der Waals surface area contributed by atoms with Crippen LogP contribution in [0.3, 0.4) is 0 Å². The van der Waals surface area contributed by atoms with E-state index in [2.05, 4.69) is 0 Å².